The van der Waals surface area contributed by atoms with Gasteiger partial charge in [-0.1, -0.05) is 42.5 Å². The number of nitrogens with one attached hydrogen (secondary N) is 1. The lowest BCUT2D eigenvalue weighted by molar-refractivity contribution is -0.880. The number of nitrogens with zero attached hydrogens (tertiary/aromatic N) is 4. The zero-order chi connectivity index (χ0) is 19.8. The smallest absolute Gasteiger partial charge is 0.150 e. The summed E-state index contributed by atoms with van der Waals surface area (Å²) in [4.78, 5) is 13.5. The van der Waals surface area contributed by atoms with Gasteiger partial charge in [-0.2, -0.15) is 0 Å². The molecule has 146 valence electrons. The maximum Gasteiger partial charge on any atom is 0.150 e. The van der Waals surface area contributed by atoms with Gasteiger partial charge >= 0.3 is 0 Å². The van der Waals surface area contributed by atoms with E-state index in [0.717, 1.165) is 48.7 Å². The summed E-state index contributed by atoms with van der Waals surface area (Å²) in [6, 6.07) is 19.1. The number of piperazine rings is 1. The van der Waals surface area contributed by atoms with Gasteiger partial charge in [0.1, 0.15) is 12.1 Å². The topological polar surface area (TPSA) is 38.4 Å². The molecule has 1 N–H and O–H groups in total. The van der Waals surface area contributed by atoms with Crippen LogP contribution in [0.2, 0.25) is 0 Å². The molecule has 0 radical (unpaired) electrons. The fourth-order valence-corrected chi connectivity index (χ4v) is 4.20. The van der Waals surface area contributed by atoms with E-state index in [4.69, 9.17) is 9.97 Å². The van der Waals surface area contributed by atoms with Crippen LogP contribution in [0.15, 0.2) is 67.1 Å². The molecule has 0 saturated carbocycles. The lowest BCUT2D eigenvalue weighted by atomic mass is 10.1. The lowest BCUT2D eigenvalue weighted by Crippen LogP contribution is -3.12. The monoisotopic (exact) mass is 384 g/mol. The molecule has 5 heteroatoms. The Morgan fingerprint density at radius 2 is 1.72 bits per heavy atom. The minimum Gasteiger partial charge on any atom is -0.345 e. The fourth-order valence-electron chi connectivity index (χ4n) is 4.20. The highest BCUT2D eigenvalue weighted by molar-refractivity contribution is 6.02. The van der Waals surface area contributed by atoms with Gasteiger partial charge in [-0.25, -0.2) is 9.97 Å². The van der Waals surface area contributed by atoms with E-state index in [9.17, 15) is 0 Å². The normalized spacial score (nSPS) is 15.2. The molecule has 1 saturated heterocycles. The molecule has 5 nitrogen and oxygen atoms in total. The molecule has 5 rings (SSSR count). The largest absolute Gasteiger partial charge is 0.345 e. The van der Waals surface area contributed by atoms with Crippen LogP contribution in [0.25, 0.3) is 27.8 Å². The quantitative estimate of drug-likeness (QED) is 0.590. The van der Waals surface area contributed by atoms with Crippen molar-refractivity contribution in [1.82, 2.24) is 14.5 Å². The molecule has 1 aliphatic heterocycles. The highest BCUT2D eigenvalue weighted by Gasteiger charge is 2.24. The predicted octanol–water partition coefficient (Wildman–Crippen LogP) is 2.73. The van der Waals surface area contributed by atoms with Crippen molar-refractivity contribution in [1.29, 1.82) is 0 Å². The third kappa shape index (κ3) is 3.28. The molecule has 0 amide bonds. The first-order chi connectivity index (χ1) is 14.2. The third-order valence-corrected chi connectivity index (χ3v) is 5.84. The Hall–Kier alpha value is -3.18. The highest BCUT2D eigenvalue weighted by Crippen LogP contribution is 2.36. The Bertz CT molecular complexity index is 1140. The van der Waals surface area contributed by atoms with E-state index in [1.807, 2.05) is 0 Å². The Kier molecular flexibility index (Phi) is 4.52. The first kappa shape index (κ1) is 17.9. The SMILES string of the molecule is Cc1cccc(-n2cc(-c3ccccc3)c3c(N4CC[NH+](C)CC4)ncnc32)c1. The summed E-state index contributed by atoms with van der Waals surface area (Å²) in [6.07, 6.45) is 3.93. The fraction of sp³-hybridized carbons (Fsp3) is 0.250. The molecule has 29 heavy (non-hydrogen) atoms. The molecule has 0 spiro atoms. The number of quaternary nitrogens is 1. The molecule has 3 heterocycles. The Morgan fingerprint density at radius 3 is 2.48 bits per heavy atom. The van der Waals surface area contributed by atoms with E-state index in [1.165, 1.54) is 16.7 Å². The minimum atomic E-state index is 0.964. The standard InChI is InChI=1S/C24H25N5/c1-18-7-6-10-20(15-18)29-16-21(19-8-4-3-5-9-19)22-23(25-17-26-24(22)29)28-13-11-27(2)12-14-28/h3-10,15-17H,11-14H2,1-2H3/p+1. The van der Waals surface area contributed by atoms with Crippen LogP contribution in [0.3, 0.4) is 0 Å². The van der Waals surface area contributed by atoms with E-state index in [2.05, 4.69) is 84.2 Å². The van der Waals surface area contributed by atoms with Crippen molar-refractivity contribution < 1.29 is 4.90 Å². The summed E-state index contributed by atoms with van der Waals surface area (Å²) in [5.41, 5.74) is 5.71. The van der Waals surface area contributed by atoms with E-state index in [0.29, 0.717) is 0 Å². The summed E-state index contributed by atoms with van der Waals surface area (Å²) < 4.78 is 2.21. The van der Waals surface area contributed by atoms with Gasteiger partial charge in [0.2, 0.25) is 0 Å². The summed E-state index contributed by atoms with van der Waals surface area (Å²) in [5, 5.41) is 1.14. The van der Waals surface area contributed by atoms with Gasteiger partial charge in [-0.05, 0) is 30.2 Å². The molecule has 4 aromatic rings. The van der Waals surface area contributed by atoms with E-state index >= 15 is 0 Å². The van der Waals surface area contributed by atoms with Crippen molar-refractivity contribution >= 4 is 16.9 Å². The second kappa shape index (κ2) is 7.33. The van der Waals surface area contributed by atoms with Crippen LogP contribution >= 0.6 is 0 Å². The van der Waals surface area contributed by atoms with Crippen LogP contribution in [0.1, 0.15) is 5.56 Å². The molecule has 1 fully saturated rings. The molecule has 2 aromatic heterocycles. The molecule has 1 aliphatic rings. The molecule has 0 aliphatic carbocycles. The van der Waals surface area contributed by atoms with Gasteiger partial charge in [-0.3, -0.25) is 0 Å². The maximum absolute atomic E-state index is 4.76. The second-order valence-corrected chi connectivity index (χ2v) is 7.96. The Balaban J connectivity index is 1.75. The molecule has 0 unspecified atom stereocenters. The van der Waals surface area contributed by atoms with Crippen LogP contribution in [0.4, 0.5) is 5.82 Å². The summed E-state index contributed by atoms with van der Waals surface area (Å²) in [5.74, 6) is 1.05. The average Bonchev–Trinajstić information content (AvgIpc) is 3.15. The highest BCUT2D eigenvalue weighted by atomic mass is 15.3. The molecular formula is C24H26N5+. The Labute approximate surface area is 171 Å². The number of aryl methyl sites for hydroxylation is 1. The second-order valence-electron chi connectivity index (χ2n) is 7.96. The zero-order valence-electron chi connectivity index (χ0n) is 17.0. The number of aromatic nitrogens is 3. The average molecular weight is 385 g/mol. The van der Waals surface area contributed by atoms with Crippen molar-refractivity contribution in [2.45, 2.75) is 6.92 Å². The van der Waals surface area contributed by atoms with E-state index in [1.54, 1.807) is 11.2 Å². The van der Waals surface area contributed by atoms with Gasteiger partial charge in [0.15, 0.2) is 5.65 Å². The van der Waals surface area contributed by atoms with Crippen molar-refractivity contribution in [3.63, 3.8) is 0 Å². The van der Waals surface area contributed by atoms with Crippen molar-refractivity contribution in [2.24, 2.45) is 0 Å². The van der Waals surface area contributed by atoms with E-state index < -0.39 is 0 Å². The summed E-state index contributed by atoms with van der Waals surface area (Å²) in [7, 11) is 2.26. The molecule has 2 aromatic carbocycles. The van der Waals surface area contributed by atoms with Crippen molar-refractivity contribution in [3.8, 4) is 16.8 Å². The van der Waals surface area contributed by atoms with Gasteiger partial charge in [0.05, 0.1) is 38.6 Å². The lowest BCUT2D eigenvalue weighted by Gasteiger charge is -2.31. The van der Waals surface area contributed by atoms with Crippen molar-refractivity contribution in [3.05, 3.63) is 72.7 Å². The van der Waals surface area contributed by atoms with Crippen LogP contribution in [-0.2, 0) is 0 Å². The van der Waals surface area contributed by atoms with Crippen molar-refractivity contribution in [2.75, 3.05) is 38.1 Å². The Morgan fingerprint density at radius 1 is 0.931 bits per heavy atom. The molecule has 0 atom stereocenters. The number of hydrogen-bond donors (Lipinski definition) is 1. The number of fused-ring (bicyclic) bond motifs is 1. The van der Waals surface area contributed by atoms with Gasteiger partial charge in [-0.15, -0.1) is 0 Å². The number of hydrogen-bond acceptors (Lipinski definition) is 3. The minimum absolute atomic E-state index is 0.964. The molecule has 0 bridgehead atoms. The van der Waals surface area contributed by atoms with Gasteiger partial charge < -0.3 is 14.4 Å². The maximum atomic E-state index is 4.76. The predicted molar refractivity (Wildman–Crippen MR) is 118 cm³/mol. The first-order valence-corrected chi connectivity index (χ1v) is 10.3. The first-order valence-electron chi connectivity index (χ1n) is 10.3. The molecular weight excluding hydrogens is 358 g/mol. The van der Waals surface area contributed by atoms with Gasteiger partial charge in [0, 0.05) is 17.4 Å². The number of anilines is 1. The van der Waals surface area contributed by atoms with Crippen LogP contribution in [-0.4, -0.2) is 47.8 Å². The summed E-state index contributed by atoms with van der Waals surface area (Å²) >= 11 is 0. The van der Waals surface area contributed by atoms with Gasteiger partial charge in [0.25, 0.3) is 0 Å². The zero-order valence-corrected chi connectivity index (χ0v) is 17.0. The van der Waals surface area contributed by atoms with Crippen LogP contribution in [0.5, 0.6) is 0 Å². The van der Waals surface area contributed by atoms with Crippen LogP contribution in [0, 0.1) is 6.92 Å². The number of likely N-dealkylation sites (N-methyl/N-ethyl adjacent to an activating group) is 1. The number of benzene rings is 2. The summed E-state index contributed by atoms with van der Waals surface area (Å²) in [6.45, 7) is 6.42. The number of rotatable bonds is 3. The van der Waals surface area contributed by atoms with E-state index in [-0.39, 0.29) is 0 Å². The van der Waals surface area contributed by atoms with Crippen LogP contribution < -0.4 is 9.80 Å². The third-order valence-electron chi connectivity index (χ3n) is 5.84.